The van der Waals surface area contributed by atoms with Crippen molar-refractivity contribution in [3.05, 3.63) is 98.9 Å². The second kappa shape index (κ2) is 18.1. The van der Waals surface area contributed by atoms with Gasteiger partial charge in [0.2, 0.25) is 11.8 Å². The summed E-state index contributed by atoms with van der Waals surface area (Å²) < 4.78 is 14.9. The highest BCUT2D eigenvalue weighted by atomic mass is 35.5. The van der Waals surface area contributed by atoms with E-state index in [2.05, 4.69) is 50.7 Å². The van der Waals surface area contributed by atoms with E-state index in [0.717, 1.165) is 22.8 Å². The molecule has 16 nitrogen and oxygen atoms in total. The highest BCUT2D eigenvalue weighted by molar-refractivity contribution is 6.61. The first-order valence-corrected chi connectivity index (χ1v) is 19.0. The topological polar surface area (TPSA) is 190 Å². The van der Waals surface area contributed by atoms with Crippen LogP contribution >= 0.6 is 34.8 Å². The van der Waals surface area contributed by atoms with Gasteiger partial charge >= 0.3 is 7.12 Å². The van der Waals surface area contributed by atoms with Crippen LogP contribution in [-0.4, -0.2) is 79.6 Å². The van der Waals surface area contributed by atoms with Gasteiger partial charge in [-0.2, -0.15) is 25.1 Å². The van der Waals surface area contributed by atoms with Crippen LogP contribution in [0.4, 0.5) is 11.6 Å². The summed E-state index contributed by atoms with van der Waals surface area (Å²) in [6, 6.07) is 17.6. The maximum atomic E-state index is 11.4. The molecule has 0 bridgehead atoms. The summed E-state index contributed by atoms with van der Waals surface area (Å²) in [5.74, 6) is 0.962. The van der Waals surface area contributed by atoms with E-state index < -0.39 is 7.12 Å². The van der Waals surface area contributed by atoms with Gasteiger partial charge in [0.25, 0.3) is 11.9 Å². The number of carbonyl (C=O) groups excluding carboxylic acids is 2. The van der Waals surface area contributed by atoms with Crippen molar-refractivity contribution in [2.24, 2.45) is 0 Å². The summed E-state index contributed by atoms with van der Waals surface area (Å²) in [5.41, 5.74) is 4.63. The largest absolute Gasteiger partial charge is 0.514 e. The summed E-state index contributed by atoms with van der Waals surface area (Å²) in [6.45, 7) is 18.4. The van der Waals surface area contributed by atoms with E-state index in [4.69, 9.17) is 44.1 Å². The van der Waals surface area contributed by atoms with Gasteiger partial charge in [-0.1, -0.05) is 46.9 Å². The zero-order valence-corrected chi connectivity index (χ0v) is 35.9. The fraction of sp³-hybridized carbons (Fsp3) is 0.316. The lowest BCUT2D eigenvalue weighted by atomic mass is 9.84. The monoisotopic (exact) mass is 846 g/mol. The molecule has 1 fully saturated rings. The second-order valence-corrected chi connectivity index (χ2v) is 15.3. The predicted octanol–water partition coefficient (Wildman–Crippen LogP) is 6.88. The minimum Gasteiger partial charge on any atom is -0.398 e. The van der Waals surface area contributed by atoms with E-state index in [-0.39, 0.29) is 28.2 Å². The number of pyridine rings is 2. The molecule has 1 aliphatic rings. The van der Waals surface area contributed by atoms with Crippen LogP contribution in [0.2, 0.25) is 15.5 Å². The number of hydrogen-bond donors (Lipinski definition) is 2. The lowest BCUT2D eigenvalue weighted by Crippen LogP contribution is -2.41. The van der Waals surface area contributed by atoms with Gasteiger partial charge in [0.05, 0.1) is 39.6 Å². The summed E-state index contributed by atoms with van der Waals surface area (Å²) in [5, 5.41) is 14.9. The molecule has 0 saturated carbocycles. The first kappa shape index (κ1) is 43.8. The van der Waals surface area contributed by atoms with Crippen LogP contribution in [0.15, 0.2) is 60.7 Å². The molecule has 0 aromatic carbocycles. The Hall–Kier alpha value is -5.33. The first-order chi connectivity index (χ1) is 27.2. The van der Waals surface area contributed by atoms with Gasteiger partial charge in [0.15, 0.2) is 0 Å². The molecule has 0 unspecified atom stereocenters. The molecule has 1 saturated heterocycles. The molecule has 0 spiro atoms. The van der Waals surface area contributed by atoms with E-state index in [1.54, 1.807) is 39.7 Å². The number of carbonyl (C=O) groups is 2. The molecule has 0 atom stereocenters. The smallest absolute Gasteiger partial charge is 0.398 e. The zero-order chi connectivity index (χ0) is 42.5. The molecule has 302 valence electrons. The van der Waals surface area contributed by atoms with Crippen LogP contribution in [0.5, 0.6) is 0 Å². The molecule has 0 aliphatic carbocycles. The third-order valence-electron chi connectivity index (χ3n) is 8.61. The third kappa shape index (κ3) is 11.2. The number of nitrogens with zero attached hydrogens (tertiary/aromatic N) is 10. The van der Waals surface area contributed by atoms with Crippen LogP contribution in [0.25, 0.3) is 23.3 Å². The molecule has 7 rings (SSSR count). The normalized spacial score (nSPS) is 13.8. The number of aromatic nitrogens is 10. The number of halogens is 3. The Morgan fingerprint density at radius 1 is 0.603 bits per heavy atom. The number of aryl methyl sites for hydroxylation is 4. The molecule has 1 aliphatic heterocycles. The van der Waals surface area contributed by atoms with Crippen LogP contribution in [-0.2, 0) is 18.9 Å². The standard InChI is InChI=1S/C16H15ClN6O.C11H15BClNO2.C11H12ClN5O/c1-9-7-10(2)23(22-9)16-20-13(8-15(21-16)18-11(3)24)12-5-4-6-14(17)19-12;1-10(2)11(3,4)16-12(15-10)8-6-5-7-9(13)14-8;1-6-4-7(2)17(16-6)11-14-9(12)5-10(15-11)13-8(3)18/h4-8H,1-3H3,(H,18,20,21,24);5-7H,1-4H3;4-5H,1-3H3,(H,13,14,15,18). The molecule has 7 heterocycles. The third-order valence-corrected chi connectivity index (χ3v) is 9.23. The molecule has 58 heavy (non-hydrogen) atoms. The highest BCUT2D eigenvalue weighted by Gasteiger charge is 2.52. The number of hydrogen-bond acceptors (Lipinski definition) is 12. The second-order valence-electron chi connectivity index (χ2n) is 14.2. The van der Waals surface area contributed by atoms with Crippen molar-refractivity contribution in [2.75, 3.05) is 10.6 Å². The van der Waals surface area contributed by atoms with Crippen LogP contribution in [0, 0.1) is 27.7 Å². The van der Waals surface area contributed by atoms with Crippen LogP contribution in [0.1, 0.15) is 64.3 Å². The molecule has 20 heteroatoms. The number of rotatable bonds is 6. The number of amides is 2. The van der Waals surface area contributed by atoms with Gasteiger partial charge in [-0.3, -0.25) is 9.59 Å². The van der Waals surface area contributed by atoms with Gasteiger partial charge in [-0.15, -0.1) is 0 Å². The van der Waals surface area contributed by atoms with E-state index in [0.29, 0.717) is 50.8 Å². The number of anilines is 2. The minimum atomic E-state index is -0.441. The van der Waals surface area contributed by atoms with Gasteiger partial charge in [0, 0.05) is 37.4 Å². The van der Waals surface area contributed by atoms with Crippen molar-refractivity contribution >= 4 is 71.0 Å². The predicted molar refractivity (Wildman–Crippen MR) is 224 cm³/mol. The van der Waals surface area contributed by atoms with Crippen molar-refractivity contribution in [1.29, 1.82) is 0 Å². The Morgan fingerprint density at radius 2 is 1.09 bits per heavy atom. The Kier molecular flexibility index (Phi) is 13.6. The van der Waals surface area contributed by atoms with Crippen molar-refractivity contribution in [3.8, 4) is 23.3 Å². The molecule has 2 N–H and O–H groups in total. The van der Waals surface area contributed by atoms with Crippen molar-refractivity contribution in [1.82, 2.24) is 49.5 Å². The maximum absolute atomic E-state index is 11.4. The van der Waals surface area contributed by atoms with Crippen molar-refractivity contribution in [2.45, 2.75) is 80.4 Å². The van der Waals surface area contributed by atoms with E-state index >= 15 is 0 Å². The van der Waals surface area contributed by atoms with Gasteiger partial charge < -0.3 is 19.9 Å². The molecular formula is C38H42BCl3N12O4. The van der Waals surface area contributed by atoms with E-state index in [9.17, 15) is 9.59 Å². The molecular weight excluding hydrogens is 806 g/mol. The lowest BCUT2D eigenvalue weighted by Gasteiger charge is -2.32. The van der Waals surface area contributed by atoms with Crippen molar-refractivity contribution in [3.63, 3.8) is 0 Å². The zero-order valence-electron chi connectivity index (χ0n) is 33.6. The van der Waals surface area contributed by atoms with Crippen LogP contribution in [0.3, 0.4) is 0 Å². The molecule has 0 radical (unpaired) electrons. The van der Waals surface area contributed by atoms with Crippen LogP contribution < -0.4 is 16.2 Å². The van der Waals surface area contributed by atoms with Crippen molar-refractivity contribution < 1.29 is 18.9 Å². The summed E-state index contributed by atoms with van der Waals surface area (Å²) >= 11 is 17.7. The van der Waals surface area contributed by atoms with Gasteiger partial charge in [-0.05, 0) is 91.8 Å². The van der Waals surface area contributed by atoms with Gasteiger partial charge in [-0.25, -0.2) is 24.3 Å². The molecule has 6 aromatic rings. The SMILES string of the molecule is CC(=O)Nc1cc(-c2cccc(Cl)n2)nc(-n2nc(C)cc2C)n1.CC(=O)Nc1cc(Cl)nc(-n2nc(C)cc2C)n1.CC1(C)OB(c2cccc(Cl)n2)OC1(C)C. The van der Waals surface area contributed by atoms with E-state index in [1.165, 1.54) is 19.9 Å². The fourth-order valence-electron chi connectivity index (χ4n) is 5.38. The number of nitrogens with one attached hydrogen (secondary N) is 2. The Balaban J connectivity index is 0.000000170. The lowest BCUT2D eigenvalue weighted by molar-refractivity contribution is -0.115. The minimum absolute atomic E-state index is 0.218. The fourth-order valence-corrected chi connectivity index (χ4v) is 5.90. The first-order valence-electron chi connectivity index (χ1n) is 17.9. The summed E-state index contributed by atoms with van der Waals surface area (Å²) in [7, 11) is -0.441. The van der Waals surface area contributed by atoms with Gasteiger partial charge in [0.1, 0.15) is 27.1 Å². The average Bonchev–Trinajstić information content (AvgIpc) is 3.72. The Morgan fingerprint density at radius 3 is 1.55 bits per heavy atom. The highest BCUT2D eigenvalue weighted by Crippen LogP contribution is 2.36. The Labute approximate surface area is 351 Å². The van der Waals surface area contributed by atoms with E-state index in [1.807, 2.05) is 79.7 Å². The Bertz CT molecular complexity index is 2440. The summed E-state index contributed by atoms with van der Waals surface area (Å²) in [4.78, 5) is 48.0. The summed E-state index contributed by atoms with van der Waals surface area (Å²) in [6.07, 6.45) is 0. The average molecular weight is 848 g/mol. The quantitative estimate of drug-likeness (QED) is 0.101. The molecule has 2 amide bonds. The molecule has 6 aromatic heterocycles. The maximum Gasteiger partial charge on any atom is 0.514 e.